The van der Waals surface area contributed by atoms with Crippen LogP contribution in [0.2, 0.25) is 0 Å². The van der Waals surface area contributed by atoms with E-state index in [1.807, 2.05) is 13.8 Å². The Bertz CT molecular complexity index is 324. The molecule has 0 aliphatic rings. The van der Waals surface area contributed by atoms with Gasteiger partial charge in [-0.15, -0.1) is 0 Å². The highest BCUT2D eigenvalue weighted by Gasteiger charge is 2.09. The second kappa shape index (κ2) is 4.37. The minimum atomic E-state index is -0.598. The Hall–Kier alpha value is -1.16. The Morgan fingerprint density at radius 1 is 1.29 bits per heavy atom. The summed E-state index contributed by atoms with van der Waals surface area (Å²) in [4.78, 5) is 0. The first kappa shape index (κ1) is 10.9. The van der Waals surface area contributed by atoms with Crippen LogP contribution in [0, 0.1) is 11.6 Å². The van der Waals surface area contributed by atoms with E-state index in [9.17, 15) is 8.78 Å². The summed E-state index contributed by atoms with van der Waals surface area (Å²) in [6.07, 6.45) is 0. The van der Waals surface area contributed by atoms with Crippen molar-refractivity contribution in [2.75, 3.05) is 5.32 Å². The first-order chi connectivity index (χ1) is 6.54. The smallest absolute Gasteiger partial charge is 0.149 e. The van der Waals surface area contributed by atoms with Crippen LogP contribution in [0.25, 0.3) is 0 Å². The third-order valence-electron chi connectivity index (χ3n) is 1.80. The molecule has 0 amide bonds. The minimum absolute atomic E-state index is 0.0683. The van der Waals surface area contributed by atoms with E-state index in [0.717, 1.165) is 6.07 Å². The van der Waals surface area contributed by atoms with Gasteiger partial charge in [-0.2, -0.15) is 0 Å². The summed E-state index contributed by atoms with van der Waals surface area (Å²) < 4.78 is 26.2. The van der Waals surface area contributed by atoms with E-state index in [-0.39, 0.29) is 12.6 Å². The summed E-state index contributed by atoms with van der Waals surface area (Å²) in [5.41, 5.74) is 5.92. The zero-order valence-corrected chi connectivity index (χ0v) is 8.27. The topological polar surface area (TPSA) is 38.0 Å². The van der Waals surface area contributed by atoms with E-state index in [0.29, 0.717) is 11.3 Å². The molecule has 78 valence electrons. The molecule has 1 rings (SSSR count). The summed E-state index contributed by atoms with van der Waals surface area (Å²) in [5, 5.41) is 2.88. The molecule has 0 spiro atoms. The Morgan fingerprint density at radius 2 is 1.93 bits per heavy atom. The lowest BCUT2D eigenvalue weighted by Crippen LogP contribution is -2.12. The number of nitrogens with two attached hydrogens (primary N) is 1. The molecule has 3 N–H and O–H groups in total. The van der Waals surface area contributed by atoms with Crippen LogP contribution >= 0.6 is 0 Å². The number of hydrogen-bond donors (Lipinski definition) is 2. The molecular weight excluding hydrogens is 186 g/mol. The minimum Gasteiger partial charge on any atom is -0.380 e. The highest BCUT2D eigenvalue weighted by Crippen LogP contribution is 2.19. The van der Waals surface area contributed by atoms with E-state index < -0.39 is 11.6 Å². The monoisotopic (exact) mass is 200 g/mol. The van der Waals surface area contributed by atoms with Gasteiger partial charge in [-0.25, -0.2) is 8.78 Å². The molecule has 14 heavy (non-hydrogen) atoms. The molecule has 0 aliphatic carbocycles. The van der Waals surface area contributed by atoms with Crippen LogP contribution in [0.4, 0.5) is 14.5 Å². The lowest BCUT2D eigenvalue weighted by molar-refractivity contribution is 0.573. The number of halogens is 2. The largest absolute Gasteiger partial charge is 0.380 e. The zero-order valence-electron chi connectivity index (χ0n) is 8.27. The van der Waals surface area contributed by atoms with Gasteiger partial charge in [0.1, 0.15) is 11.6 Å². The second-order valence-electron chi connectivity index (χ2n) is 3.43. The van der Waals surface area contributed by atoms with Crippen molar-refractivity contribution >= 4 is 5.69 Å². The van der Waals surface area contributed by atoms with Crippen molar-refractivity contribution in [1.29, 1.82) is 0 Å². The van der Waals surface area contributed by atoms with Gasteiger partial charge in [-0.3, -0.25) is 0 Å². The van der Waals surface area contributed by atoms with E-state index in [1.165, 1.54) is 6.07 Å². The molecular formula is C10H14F2N2. The molecule has 0 bridgehead atoms. The molecule has 1 aromatic carbocycles. The fourth-order valence-electron chi connectivity index (χ4n) is 1.17. The molecule has 0 aromatic heterocycles. The van der Waals surface area contributed by atoms with Gasteiger partial charge in [0, 0.05) is 24.2 Å². The van der Waals surface area contributed by atoms with Crippen molar-refractivity contribution in [1.82, 2.24) is 0 Å². The van der Waals surface area contributed by atoms with Crippen LogP contribution < -0.4 is 11.1 Å². The van der Waals surface area contributed by atoms with Crippen LogP contribution in [0.5, 0.6) is 0 Å². The Labute approximate surface area is 82.1 Å². The van der Waals surface area contributed by atoms with Gasteiger partial charge < -0.3 is 11.1 Å². The molecule has 0 saturated heterocycles. The number of rotatable bonds is 3. The van der Waals surface area contributed by atoms with E-state index in [1.54, 1.807) is 0 Å². The first-order valence-corrected chi connectivity index (χ1v) is 4.49. The molecule has 0 aliphatic heterocycles. The average Bonchev–Trinajstić information content (AvgIpc) is 2.09. The molecule has 0 unspecified atom stereocenters. The van der Waals surface area contributed by atoms with Crippen molar-refractivity contribution < 1.29 is 8.78 Å². The quantitative estimate of drug-likeness (QED) is 0.785. The van der Waals surface area contributed by atoms with Gasteiger partial charge in [0.15, 0.2) is 0 Å². The van der Waals surface area contributed by atoms with Gasteiger partial charge in [0.25, 0.3) is 0 Å². The lowest BCUT2D eigenvalue weighted by atomic mass is 10.1. The van der Waals surface area contributed by atoms with Gasteiger partial charge in [-0.1, -0.05) is 0 Å². The molecule has 0 radical (unpaired) electrons. The summed E-state index contributed by atoms with van der Waals surface area (Å²) in [6.45, 7) is 3.83. The summed E-state index contributed by atoms with van der Waals surface area (Å²) in [7, 11) is 0. The molecule has 0 saturated carbocycles. The van der Waals surface area contributed by atoms with Crippen LogP contribution in [0.1, 0.15) is 19.4 Å². The zero-order chi connectivity index (χ0) is 10.7. The fraction of sp³-hybridized carbons (Fsp3) is 0.400. The lowest BCUT2D eigenvalue weighted by Gasteiger charge is -2.12. The highest BCUT2D eigenvalue weighted by atomic mass is 19.1. The Balaban J connectivity index is 3.04. The second-order valence-corrected chi connectivity index (χ2v) is 3.43. The molecule has 0 atom stereocenters. The van der Waals surface area contributed by atoms with Gasteiger partial charge in [-0.05, 0) is 19.9 Å². The van der Waals surface area contributed by atoms with Crippen molar-refractivity contribution in [3.8, 4) is 0 Å². The summed E-state index contributed by atoms with van der Waals surface area (Å²) in [6, 6.07) is 2.36. The van der Waals surface area contributed by atoms with E-state index in [2.05, 4.69) is 5.32 Å². The predicted molar refractivity (Wildman–Crippen MR) is 53.0 cm³/mol. The van der Waals surface area contributed by atoms with Crippen molar-refractivity contribution in [3.63, 3.8) is 0 Å². The van der Waals surface area contributed by atoms with E-state index >= 15 is 0 Å². The average molecular weight is 200 g/mol. The maximum atomic E-state index is 13.2. The van der Waals surface area contributed by atoms with Gasteiger partial charge in [0.05, 0.1) is 5.69 Å². The highest BCUT2D eigenvalue weighted by molar-refractivity contribution is 5.48. The van der Waals surface area contributed by atoms with Gasteiger partial charge >= 0.3 is 0 Å². The summed E-state index contributed by atoms with van der Waals surface area (Å²) in [5.74, 6) is -1.19. The van der Waals surface area contributed by atoms with Crippen LogP contribution in [0.15, 0.2) is 12.1 Å². The predicted octanol–water partition coefficient (Wildman–Crippen LogP) is 2.24. The van der Waals surface area contributed by atoms with Crippen molar-refractivity contribution in [2.24, 2.45) is 5.73 Å². The van der Waals surface area contributed by atoms with Crippen LogP contribution in [-0.4, -0.2) is 6.04 Å². The standard InChI is InChI=1S/C10H14F2N2/c1-6(2)14-10-3-7(5-13)8(11)4-9(10)12/h3-4,6,14H,5,13H2,1-2H3. The third kappa shape index (κ3) is 2.42. The summed E-state index contributed by atoms with van der Waals surface area (Å²) >= 11 is 0. The SMILES string of the molecule is CC(C)Nc1cc(CN)c(F)cc1F. The van der Waals surface area contributed by atoms with Crippen molar-refractivity contribution in [3.05, 3.63) is 29.3 Å². The molecule has 0 fully saturated rings. The molecule has 0 heterocycles. The Morgan fingerprint density at radius 3 is 2.43 bits per heavy atom. The normalized spacial score (nSPS) is 10.7. The third-order valence-corrected chi connectivity index (χ3v) is 1.80. The molecule has 1 aromatic rings. The first-order valence-electron chi connectivity index (χ1n) is 4.49. The molecule has 2 nitrogen and oxygen atoms in total. The number of nitrogens with one attached hydrogen (secondary N) is 1. The maximum absolute atomic E-state index is 13.2. The number of hydrogen-bond acceptors (Lipinski definition) is 2. The number of benzene rings is 1. The fourth-order valence-corrected chi connectivity index (χ4v) is 1.17. The van der Waals surface area contributed by atoms with Crippen LogP contribution in [-0.2, 0) is 6.54 Å². The molecule has 4 heteroatoms. The van der Waals surface area contributed by atoms with Crippen molar-refractivity contribution in [2.45, 2.75) is 26.4 Å². The number of anilines is 1. The van der Waals surface area contributed by atoms with E-state index in [4.69, 9.17) is 5.73 Å². The Kier molecular flexibility index (Phi) is 3.41. The van der Waals surface area contributed by atoms with Gasteiger partial charge in [0.2, 0.25) is 0 Å². The van der Waals surface area contributed by atoms with Crippen LogP contribution in [0.3, 0.4) is 0 Å². The maximum Gasteiger partial charge on any atom is 0.149 e.